The highest BCUT2D eigenvalue weighted by atomic mass is 19.1. The predicted octanol–water partition coefficient (Wildman–Crippen LogP) is 3.00. The lowest BCUT2D eigenvalue weighted by molar-refractivity contribution is 0.617. The minimum Gasteiger partial charge on any atom is -0.384 e. The van der Waals surface area contributed by atoms with Crippen molar-refractivity contribution in [2.75, 3.05) is 5.73 Å². The summed E-state index contributed by atoms with van der Waals surface area (Å²) in [6, 6.07) is 6.89. The van der Waals surface area contributed by atoms with Gasteiger partial charge in [0.2, 0.25) is 0 Å². The standard InChI is InChI=1S/C14H14FN3/c1-8-4-5-12(15)13(6-8)18-10(3)9(2)11(7-16)14(18)17/h4-6H,17H2,1-3H3. The maximum atomic E-state index is 13.9. The quantitative estimate of drug-likeness (QED) is 0.837. The molecule has 1 heterocycles. The summed E-state index contributed by atoms with van der Waals surface area (Å²) in [7, 11) is 0. The fourth-order valence-corrected chi connectivity index (χ4v) is 2.08. The van der Waals surface area contributed by atoms with E-state index >= 15 is 0 Å². The summed E-state index contributed by atoms with van der Waals surface area (Å²) in [6.07, 6.45) is 0. The Morgan fingerprint density at radius 1 is 1.28 bits per heavy atom. The van der Waals surface area contributed by atoms with E-state index in [4.69, 9.17) is 11.0 Å². The lowest BCUT2D eigenvalue weighted by atomic mass is 10.2. The van der Waals surface area contributed by atoms with E-state index in [0.717, 1.165) is 16.8 Å². The Morgan fingerprint density at radius 2 is 1.94 bits per heavy atom. The number of nitrogens with two attached hydrogens (primary N) is 1. The molecule has 0 unspecified atom stereocenters. The molecule has 4 heteroatoms. The van der Waals surface area contributed by atoms with Crippen LogP contribution in [-0.2, 0) is 0 Å². The number of benzene rings is 1. The van der Waals surface area contributed by atoms with Crippen LogP contribution < -0.4 is 5.73 Å². The van der Waals surface area contributed by atoms with Crippen LogP contribution in [0.5, 0.6) is 0 Å². The van der Waals surface area contributed by atoms with Crippen LogP contribution in [0, 0.1) is 37.9 Å². The number of aryl methyl sites for hydroxylation is 1. The van der Waals surface area contributed by atoms with E-state index in [-0.39, 0.29) is 11.6 Å². The zero-order chi connectivity index (χ0) is 13.4. The highest BCUT2D eigenvalue weighted by Crippen LogP contribution is 2.29. The van der Waals surface area contributed by atoms with Gasteiger partial charge >= 0.3 is 0 Å². The van der Waals surface area contributed by atoms with Gasteiger partial charge in [-0.1, -0.05) is 6.07 Å². The van der Waals surface area contributed by atoms with Gasteiger partial charge in [0.1, 0.15) is 17.7 Å². The minimum atomic E-state index is -0.352. The van der Waals surface area contributed by atoms with Crippen LogP contribution in [0.25, 0.3) is 5.69 Å². The predicted molar refractivity (Wildman–Crippen MR) is 69.1 cm³/mol. The monoisotopic (exact) mass is 243 g/mol. The van der Waals surface area contributed by atoms with Crippen molar-refractivity contribution < 1.29 is 4.39 Å². The first-order valence-electron chi connectivity index (χ1n) is 5.61. The van der Waals surface area contributed by atoms with Crippen LogP contribution in [0.4, 0.5) is 10.2 Å². The van der Waals surface area contributed by atoms with Crippen LogP contribution in [-0.4, -0.2) is 4.57 Å². The summed E-state index contributed by atoms with van der Waals surface area (Å²) in [5, 5.41) is 9.07. The van der Waals surface area contributed by atoms with Crippen molar-refractivity contribution in [2.24, 2.45) is 0 Å². The first-order chi connectivity index (χ1) is 8.47. The van der Waals surface area contributed by atoms with Gasteiger partial charge in [0, 0.05) is 5.69 Å². The largest absolute Gasteiger partial charge is 0.384 e. The fraction of sp³-hybridized carbons (Fsp3) is 0.214. The highest BCUT2D eigenvalue weighted by Gasteiger charge is 2.18. The highest BCUT2D eigenvalue weighted by molar-refractivity contribution is 5.62. The van der Waals surface area contributed by atoms with Crippen LogP contribution in [0.3, 0.4) is 0 Å². The molecule has 18 heavy (non-hydrogen) atoms. The molecule has 0 aliphatic heterocycles. The second-order valence-electron chi connectivity index (χ2n) is 4.37. The maximum absolute atomic E-state index is 13.9. The lowest BCUT2D eigenvalue weighted by Crippen LogP contribution is -2.05. The Hall–Kier alpha value is -2.28. The molecule has 0 fully saturated rings. The Balaban J connectivity index is 2.80. The molecular formula is C14H14FN3. The number of halogens is 1. The van der Waals surface area contributed by atoms with Gasteiger partial charge < -0.3 is 5.73 Å². The van der Waals surface area contributed by atoms with Gasteiger partial charge in [-0.3, -0.25) is 4.57 Å². The fourth-order valence-electron chi connectivity index (χ4n) is 2.08. The van der Waals surface area contributed by atoms with Crippen molar-refractivity contribution in [2.45, 2.75) is 20.8 Å². The van der Waals surface area contributed by atoms with Crippen molar-refractivity contribution in [1.82, 2.24) is 4.57 Å². The van der Waals surface area contributed by atoms with E-state index in [1.807, 2.05) is 20.8 Å². The summed E-state index contributed by atoms with van der Waals surface area (Å²) in [4.78, 5) is 0. The van der Waals surface area contributed by atoms with Crippen LogP contribution >= 0.6 is 0 Å². The van der Waals surface area contributed by atoms with Crippen molar-refractivity contribution in [3.63, 3.8) is 0 Å². The molecule has 92 valence electrons. The van der Waals surface area contributed by atoms with E-state index in [1.165, 1.54) is 6.07 Å². The molecule has 2 aromatic rings. The minimum absolute atomic E-state index is 0.289. The summed E-state index contributed by atoms with van der Waals surface area (Å²) in [5.41, 5.74) is 9.25. The van der Waals surface area contributed by atoms with Gasteiger partial charge in [0.25, 0.3) is 0 Å². The number of rotatable bonds is 1. The summed E-state index contributed by atoms with van der Waals surface area (Å²) < 4.78 is 15.5. The molecule has 1 aromatic heterocycles. The second-order valence-corrected chi connectivity index (χ2v) is 4.37. The van der Waals surface area contributed by atoms with Crippen molar-refractivity contribution in [1.29, 1.82) is 5.26 Å². The zero-order valence-corrected chi connectivity index (χ0v) is 10.6. The Bertz CT molecular complexity index is 663. The SMILES string of the molecule is Cc1ccc(F)c(-n2c(C)c(C)c(C#N)c2N)c1. The van der Waals surface area contributed by atoms with Crippen LogP contribution in [0.15, 0.2) is 18.2 Å². The topological polar surface area (TPSA) is 54.7 Å². The summed E-state index contributed by atoms with van der Waals surface area (Å²) in [6.45, 7) is 5.53. The third kappa shape index (κ3) is 1.65. The van der Waals surface area contributed by atoms with E-state index in [2.05, 4.69) is 6.07 Å². The van der Waals surface area contributed by atoms with E-state index < -0.39 is 0 Å². The molecule has 0 bridgehead atoms. The maximum Gasteiger partial charge on any atom is 0.147 e. The van der Waals surface area contributed by atoms with Gasteiger partial charge in [-0.15, -0.1) is 0 Å². The molecule has 0 atom stereocenters. The van der Waals surface area contributed by atoms with E-state index in [1.54, 1.807) is 16.7 Å². The molecule has 0 saturated heterocycles. The normalized spacial score (nSPS) is 10.4. The summed E-state index contributed by atoms with van der Waals surface area (Å²) in [5.74, 6) is -0.0631. The van der Waals surface area contributed by atoms with Gasteiger partial charge in [0.15, 0.2) is 0 Å². The van der Waals surface area contributed by atoms with Crippen molar-refractivity contribution in [3.8, 4) is 11.8 Å². The number of nitriles is 1. The number of hydrogen-bond donors (Lipinski definition) is 1. The van der Waals surface area contributed by atoms with Gasteiger partial charge in [0.05, 0.1) is 11.3 Å². The number of hydrogen-bond acceptors (Lipinski definition) is 2. The second kappa shape index (κ2) is 4.19. The average Bonchev–Trinajstić information content (AvgIpc) is 2.54. The molecule has 3 nitrogen and oxygen atoms in total. The zero-order valence-electron chi connectivity index (χ0n) is 10.6. The van der Waals surface area contributed by atoms with Crippen LogP contribution in [0.2, 0.25) is 0 Å². The summed E-state index contributed by atoms with van der Waals surface area (Å²) >= 11 is 0. The van der Waals surface area contributed by atoms with Crippen molar-refractivity contribution in [3.05, 3.63) is 46.4 Å². The van der Waals surface area contributed by atoms with E-state index in [0.29, 0.717) is 11.3 Å². The van der Waals surface area contributed by atoms with Crippen LogP contribution in [0.1, 0.15) is 22.4 Å². The number of aromatic nitrogens is 1. The first-order valence-corrected chi connectivity index (χ1v) is 5.61. The third-order valence-electron chi connectivity index (χ3n) is 3.20. The molecule has 0 amide bonds. The molecule has 0 saturated carbocycles. The smallest absolute Gasteiger partial charge is 0.147 e. The third-order valence-corrected chi connectivity index (χ3v) is 3.20. The van der Waals surface area contributed by atoms with Gasteiger partial charge in [-0.2, -0.15) is 5.26 Å². The van der Waals surface area contributed by atoms with Crippen molar-refractivity contribution >= 4 is 5.82 Å². The lowest BCUT2D eigenvalue weighted by Gasteiger charge is -2.11. The van der Waals surface area contributed by atoms with E-state index in [9.17, 15) is 4.39 Å². The van der Waals surface area contributed by atoms with Gasteiger partial charge in [-0.25, -0.2) is 4.39 Å². The first kappa shape index (κ1) is 12.2. The molecule has 0 aliphatic carbocycles. The molecule has 2 rings (SSSR count). The molecule has 0 spiro atoms. The number of nitrogen functional groups attached to an aromatic ring is 1. The molecule has 0 aliphatic rings. The molecule has 0 radical (unpaired) electrons. The Kier molecular flexibility index (Phi) is 2.84. The molecule has 2 N–H and O–H groups in total. The van der Waals surface area contributed by atoms with Gasteiger partial charge in [-0.05, 0) is 44.0 Å². The number of nitrogens with zero attached hydrogens (tertiary/aromatic N) is 2. The Morgan fingerprint density at radius 3 is 2.50 bits per heavy atom. The molecule has 1 aromatic carbocycles. The molecular weight excluding hydrogens is 229 g/mol. The average molecular weight is 243 g/mol. The Labute approximate surface area is 105 Å². The number of anilines is 1.